The molecule has 1 aromatic carbocycles. The van der Waals surface area contributed by atoms with Crippen LogP contribution in [0.3, 0.4) is 0 Å². The Hall–Kier alpha value is -0.570. The smallest absolute Gasteiger partial charge is 0.240 e. The fraction of sp³-hybridized carbons (Fsp3) is 0.556. The molecule has 0 unspecified atom stereocenters. The first-order valence-electron chi connectivity index (χ1n) is 8.24. The van der Waals surface area contributed by atoms with Crippen molar-refractivity contribution < 1.29 is 9.75 Å². The SMILES string of the molecule is CN(C)C(=S)SC(=S)[N+](C)(C)[O-].OC1(c2cc[c]cc2)CCCCC1. The minimum atomic E-state index is -0.589. The maximum atomic E-state index is 11.3. The summed E-state index contributed by atoms with van der Waals surface area (Å²) >= 11 is 11.0. The van der Waals surface area contributed by atoms with E-state index in [1.807, 2.05) is 38.4 Å². The fourth-order valence-electron chi connectivity index (χ4n) is 2.40. The molecule has 0 bridgehead atoms. The van der Waals surface area contributed by atoms with Crippen molar-refractivity contribution in [3.63, 3.8) is 0 Å². The first-order chi connectivity index (χ1) is 11.6. The van der Waals surface area contributed by atoms with Crippen LogP contribution in [0.4, 0.5) is 0 Å². The molecule has 0 spiro atoms. The Morgan fingerprint density at radius 3 is 2.16 bits per heavy atom. The summed E-state index contributed by atoms with van der Waals surface area (Å²) in [6.07, 6.45) is 5.39. The summed E-state index contributed by atoms with van der Waals surface area (Å²) in [4.78, 5) is 1.75. The lowest BCUT2D eigenvalue weighted by atomic mass is 9.80. The van der Waals surface area contributed by atoms with Gasteiger partial charge in [0, 0.05) is 25.9 Å². The van der Waals surface area contributed by atoms with Gasteiger partial charge in [-0.2, -0.15) is 0 Å². The van der Waals surface area contributed by atoms with Crippen LogP contribution in [0.15, 0.2) is 24.3 Å². The van der Waals surface area contributed by atoms with Crippen molar-refractivity contribution >= 4 is 44.8 Å². The van der Waals surface area contributed by atoms with Crippen molar-refractivity contribution in [3.05, 3.63) is 41.1 Å². The molecule has 0 amide bonds. The van der Waals surface area contributed by atoms with Crippen LogP contribution < -0.4 is 0 Å². The zero-order chi connectivity index (χ0) is 19.1. The molecule has 1 radical (unpaired) electrons. The average Bonchev–Trinajstić information content (AvgIpc) is 2.56. The first kappa shape index (κ1) is 22.5. The number of rotatable bonds is 1. The number of thiocarbonyl (C=S) groups is 2. The summed E-state index contributed by atoms with van der Waals surface area (Å²) in [5.41, 5.74) is 0.513. The second-order valence-electron chi connectivity index (χ2n) is 6.76. The molecule has 2 rings (SSSR count). The molecule has 1 fully saturated rings. The fourth-order valence-corrected chi connectivity index (χ4v) is 3.58. The van der Waals surface area contributed by atoms with Gasteiger partial charge in [0.15, 0.2) is 0 Å². The second-order valence-corrected chi connectivity index (χ2v) is 9.03. The van der Waals surface area contributed by atoms with Crippen LogP contribution in [0.5, 0.6) is 0 Å². The predicted molar refractivity (Wildman–Crippen MR) is 114 cm³/mol. The molecule has 4 nitrogen and oxygen atoms in total. The van der Waals surface area contributed by atoms with Crippen LogP contribution >= 0.6 is 36.2 Å². The maximum absolute atomic E-state index is 11.3. The summed E-state index contributed by atoms with van der Waals surface area (Å²) in [6.45, 7) is 0. The highest BCUT2D eigenvalue weighted by atomic mass is 32.2. The number of quaternary nitrogens is 1. The first-order valence-corrected chi connectivity index (χ1v) is 9.87. The standard InChI is InChI=1S/C12H15O.C6H12N2OS3/c13-12(9-5-2-6-10-12)11-7-3-1-4-8-11;1-7(2)5(10)12-6(11)8(3,4)9/h3-4,7-8,13H,2,5-6,9-10H2;1-4H3. The summed E-state index contributed by atoms with van der Waals surface area (Å²) in [7, 11) is 6.60. The van der Waals surface area contributed by atoms with E-state index < -0.39 is 10.2 Å². The van der Waals surface area contributed by atoms with E-state index in [0.717, 1.165) is 43.0 Å². The predicted octanol–water partition coefficient (Wildman–Crippen LogP) is 4.06. The largest absolute Gasteiger partial charge is 0.627 e. The highest BCUT2D eigenvalue weighted by Crippen LogP contribution is 2.36. The molecule has 1 saturated carbocycles. The zero-order valence-electron chi connectivity index (χ0n) is 15.3. The quantitative estimate of drug-likeness (QED) is 0.436. The molecule has 0 atom stereocenters. The molecule has 1 aliphatic rings. The summed E-state index contributed by atoms with van der Waals surface area (Å²) in [5, 5.41) is 21.6. The lowest BCUT2D eigenvalue weighted by Gasteiger charge is -2.32. The minimum Gasteiger partial charge on any atom is -0.627 e. The summed E-state index contributed by atoms with van der Waals surface area (Å²) in [6, 6.07) is 10.7. The van der Waals surface area contributed by atoms with E-state index in [9.17, 15) is 10.3 Å². The molecule has 25 heavy (non-hydrogen) atoms. The third kappa shape index (κ3) is 7.68. The van der Waals surface area contributed by atoms with Crippen LogP contribution in [0, 0.1) is 11.3 Å². The lowest BCUT2D eigenvalue weighted by Crippen LogP contribution is -2.37. The Balaban J connectivity index is 0.000000252. The van der Waals surface area contributed by atoms with E-state index in [4.69, 9.17) is 24.4 Å². The van der Waals surface area contributed by atoms with Gasteiger partial charge in [-0.3, -0.25) is 0 Å². The van der Waals surface area contributed by atoms with Gasteiger partial charge in [0.25, 0.3) is 0 Å². The number of benzene rings is 1. The molecule has 7 heteroatoms. The van der Waals surface area contributed by atoms with Crippen molar-refractivity contribution in [1.82, 2.24) is 4.90 Å². The Bertz CT molecular complexity index is 565. The molecule has 1 N–H and O–H groups in total. The van der Waals surface area contributed by atoms with Crippen molar-refractivity contribution in [2.75, 3.05) is 28.2 Å². The number of thioether (sulfide) groups is 1. The number of hydrogen-bond acceptors (Lipinski definition) is 5. The van der Waals surface area contributed by atoms with Crippen molar-refractivity contribution in [1.29, 1.82) is 0 Å². The molecule has 0 aliphatic heterocycles. The summed E-state index contributed by atoms with van der Waals surface area (Å²) < 4.78 is 0.351. The Labute approximate surface area is 166 Å². The zero-order valence-corrected chi connectivity index (χ0v) is 17.8. The van der Waals surface area contributed by atoms with Crippen LogP contribution in [-0.4, -0.2) is 51.5 Å². The minimum absolute atomic E-state index is 0.328. The van der Waals surface area contributed by atoms with Gasteiger partial charge in [-0.15, -0.1) is 0 Å². The van der Waals surface area contributed by atoms with Crippen LogP contribution in [0.2, 0.25) is 0 Å². The topological polar surface area (TPSA) is 46.5 Å². The van der Waals surface area contributed by atoms with Crippen molar-refractivity contribution in [3.8, 4) is 0 Å². The van der Waals surface area contributed by atoms with Gasteiger partial charge in [-0.05, 0) is 36.7 Å². The molecule has 0 aromatic heterocycles. The van der Waals surface area contributed by atoms with Crippen LogP contribution in [0.25, 0.3) is 0 Å². The van der Waals surface area contributed by atoms with Crippen molar-refractivity contribution in [2.45, 2.75) is 37.7 Å². The monoisotopic (exact) mass is 399 g/mol. The van der Waals surface area contributed by atoms with Gasteiger partial charge in [0.1, 0.15) is 4.32 Å². The Morgan fingerprint density at radius 1 is 1.20 bits per heavy atom. The number of nitrogens with zero attached hydrogens (tertiary/aromatic N) is 2. The lowest BCUT2D eigenvalue weighted by molar-refractivity contribution is -0.736. The third-order valence-electron chi connectivity index (χ3n) is 3.92. The number of aliphatic hydroxyl groups is 1. The van der Waals surface area contributed by atoms with Gasteiger partial charge >= 0.3 is 0 Å². The number of hydrogen-bond donors (Lipinski definition) is 1. The second kappa shape index (κ2) is 9.94. The molecule has 0 heterocycles. The molecule has 1 aromatic rings. The molecule has 0 saturated heterocycles. The number of hydroxylamine groups is 3. The highest BCUT2D eigenvalue weighted by Gasteiger charge is 2.30. The van der Waals surface area contributed by atoms with Gasteiger partial charge in [-0.25, -0.2) is 0 Å². The van der Waals surface area contributed by atoms with Crippen LogP contribution in [0.1, 0.15) is 37.7 Å². The van der Waals surface area contributed by atoms with Gasteiger partial charge in [-0.1, -0.05) is 55.7 Å². The molecular weight excluding hydrogens is 372 g/mol. The Morgan fingerprint density at radius 2 is 1.72 bits per heavy atom. The normalized spacial score (nSPS) is 16.4. The van der Waals surface area contributed by atoms with E-state index >= 15 is 0 Å². The Kier molecular flexibility index (Phi) is 8.94. The van der Waals surface area contributed by atoms with E-state index in [0.29, 0.717) is 8.64 Å². The molecule has 139 valence electrons. The third-order valence-corrected chi connectivity index (χ3v) is 6.37. The van der Waals surface area contributed by atoms with Gasteiger partial charge in [0.2, 0.25) is 4.32 Å². The highest BCUT2D eigenvalue weighted by molar-refractivity contribution is 8.37. The van der Waals surface area contributed by atoms with Gasteiger partial charge < -0.3 is 19.9 Å². The van der Waals surface area contributed by atoms with E-state index in [1.165, 1.54) is 20.5 Å². The van der Waals surface area contributed by atoms with Gasteiger partial charge in [0.05, 0.1) is 19.7 Å². The van der Waals surface area contributed by atoms with E-state index in [1.54, 1.807) is 4.90 Å². The maximum Gasteiger partial charge on any atom is 0.240 e. The van der Waals surface area contributed by atoms with Crippen LogP contribution in [-0.2, 0) is 5.60 Å². The van der Waals surface area contributed by atoms with E-state index in [2.05, 4.69) is 6.07 Å². The molecule has 1 aliphatic carbocycles. The average molecular weight is 400 g/mol. The van der Waals surface area contributed by atoms with Crippen molar-refractivity contribution in [2.24, 2.45) is 0 Å². The van der Waals surface area contributed by atoms with E-state index in [-0.39, 0.29) is 0 Å². The molecular formula is C18H27N2O2S3. The summed E-state index contributed by atoms with van der Waals surface area (Å²) in [5.74, 6) is 0.